The lowest BCUT2D eigenvalue weighted by Gasteiger charge is -2.23. The van der Waals surface area contributed by atoms with Crippen molar-refractivity contribution in [3.05, 3.63) is 142 Å². The Kier molecular flexibility index (Phi) is 11.8. The second kappa shape index (κ2) is 15.7. The highest BCUT2D eigenvalue weighted by Gasteiger charge is 2.23. The van der Waals surface area contributed by atoms with Crippen LogP contribution in [0.3, 0.4) is 0 Å². The molecule has 0 saturated heterocycles. The number of terminal acetylenes is 2. The molecule has 0 spiro atoms. The summed E-state index contributed by atoms with van der Waals surface area (Å²) >= 11 is 0. The number of ether oxygens (including phenoxy) is 1. The van der Waals surface area contributed by atoms with Gasteiger partial charge >= 0.3 is 0 Å². The maximum Gasteiger partial charge on any atom is 0.187 e. The summed E-state index contributed by atoms with van der Waals surface area (Å²) in [5, 5.41) is 20.8. The number of nitrogens with zero attached hydrogens (tertiary/aromatic N) is 1. The van der Waals surface area contributed by atoms with Crippen LogP contribution in [0.1, 0.15) is 52.5 Å². The first-order chi connectivity index (χ1) is 19.9. The van der Waals surface area contributed by atoms with Crippen LogP contribution in [0.15, 0.2) is 103 Å². The summed E-state index contributed by atoms with van der Waals surface area (Å²) in [6.45, 7) is 9.03. The third-order valence-electron chi connectivity index (χ3n) is 6.87. The average Bonchev–Trinajstić information content (AvgIpc) is 3.00. The fourth-order valence-corrected chi connectivity index (χ4v) is 4.75. The van der Waals surface area contributed by atoms with Gasteiger partial charge in [-0.05, 0) is 41.3 Å². The lowest BCUT2D eigenvalue weighted by molar-refractivity contribution is 0.161. The molecule has 2 N–H and O–H groups in total. The molecule has 0 aliphatic rings. The fourth-order valence-electron chi connectivity index (χ4n) is 4.75. The summed E-state index contributed by atoms with van der Waals surface area (Å²) < 4.78 is 5.18. The molecule has 4 aromatic rings. The molecular formula is C37H35NO3. The van der Waals surface area contributed by atoms with Gasteiger partial charge in [0.25, 0.3) is 0 Å². The molecule has 4 heteroatoms. The number of rotatable bonds is 9. The third-order valence-corrected chi connectivity index (χ3v) is 6.87. The van der Waals surface area contributed by atoms with Crippen molar-refractivity contribution in [1.82, 2.24) is 0 Å². The van der Waals surface area contributed by atoms with Crippen molar-refractivity contribution in [2.45, 2.75) is 43.8 Å². The van der Waals surface area contributed by atoms with Crippen LogP contribution in [0.25, 0.3) is 4.85 Å². The van der Waals surface area contributed by atoms with Gasteiger partial charge in [0.05, 0.1) is 25.9 Å². The molecule has 4 rings (SSSR count). The summed E-state index contributed by atoms with van der Waals surface area (Å²) in [5.41, 5.74) is 5.86. The first kappa shape index (κ1) is 30.7. The molecule has 0 saturated carbocycles. The van der Waals surface area contributed by atoms with Crippen LogP contribution in [0, 0.1) is 38.2 Å². The van der Waals surface area contributed by atoms with Gasteiger partial charge in [0, 0.05) is 24.7 Å². The number of benzene rings is 4. The van der Waals surface area contributed by atoms with E-state index >= 15 is 0 Å². The zero-order valence-electron chi connectivity index (χ0n) is 23.4. The van der Waals surface area contributed by atoms with Gasteiger partial charge in [-0.3, -0.25) is 0 Å². The maximum atomic E-state index is 10.4. The Labute approximate surface area is 244 Å². The average molecular weight is 542 g/mol. The van der Waals surface area contributed by atoms with E-state index in [-0.39, 0.29) is 11.8 Å². The standard InChI is InChI=1S/C19H20O2.C18H15NO/c1-4-5-18(20)19(15-8-6-14(2)7-9-15)16-10-12-17(21-3)13-11-16;1-3-7-17(20)18(14-8-5-4-6-9-14)15-10-12-16(19-2)13-11-15/h1,6-13,18-20H,5H2,2-3H3;1,4-6,8-13,17-18,20H,7H2. The van der Waals surface area contributed by atoms with Crippen LogP contribution in [0.5, 0.6) is 5.75 Å². The molecule has 0 heterocycles. The van der Waals surface area contributed by atoms with Crippen LogP contribution < -0.4 is 4.74 Å². The van der Waals surface area contributed by atoms with Gasteiger partial charge < -0.3 is 14.9 Å². The predicted octanol–water partition coefficient (Wildman–Crippen LogP) is 7.27. The predicted molar refractivity (Wildman–Crippen MR) is 166 cm³/mol. The maximum absolute atomic E-state index is 10.4. The smallest absolute Gasteiger partial charge is 0.187 e. The summed E-state index contributed by atoms with van der Waals surface area (Å²) in [6.07, 6.45) is 10.1. The molecule has 206 valence electrons. The van der Waals surface area contributed by atoms with Gasteiger partial charge in [-0.1, -0.05) is 96.6 Å². The van der Waals surface area contributed by atoms with Gasteiger partial charge in [0.2, 0.25) is 0 Å². The topological polar surface area (TPSA) is 54.0 Å². The molecule has 4 nitrogen and oxygen atoms in total. The van der Waals surface area contributed by atoms with Gasteiger partial charge in [-0.2, -0.15) is 0 Å². The molecule has 4 aromatic carbocycles. The molecule has 0 fully saturated rings. The van der Waals surface area contributed by atoms with Gasteiger partial charge in [0.15, 0.2) is 5.69 Å². The van der Waals surface area contributed by atoms with E-state index in [4.69, 9.17) is 24.2 Å². The van der Waals surface area contributed by atoms with Crippen molar-refractivity contribution in [2.24, 2.45) is 0 Å². The summed E-state index contributed by atoms with van der Waals surface area (Å²) in [5.74, 6) is 5.55. The van der Waals surface area contributed by atoms with Gasteiger partial charge in [0.1, 0.15) is 5.75 Å². The second-order valence-electron chi connectivity index (χ2n) is 9.70. The Hall–Kier alpha value is -4.79. The quantitative estimate of drug-likeness (QED) is 0.173. The number of aryl methyl sites for hydroxylation is 1. The second-order valence-corrected chi connectivity index (χ2v) is 9.70. The van der Waals surface area contributed by atoms with E-state index in [0.29, 0.717) is 18.5 Å². The van der Waals surface area contributed by atoms with E-state index in [9.17, 15) is 10.2 Å². The van der Waals surface area contributed by atoms with Crippen LogP contribution in [0.4, 0.5) is 5.69 Å². The lowest BCUT2D eigenvalue weighted by Crippen LogP contribution is -2.19. The molecule has 0 radical (unpaired) electrons. The molecule has 0 aliphatic heterocycles. The number of methoxy groups -OCH3 is 1. The highest BCUT2D eigenvalue weighted by molar-refractivity contribution is 5.47. The van der Waals surface area contributed by atoms with Crippen molar-refractivity contribution in [1.29, 1.82) is 0 Å². The fraction of sp³-hybridized carbons (Fsp3) is 0.216. The van der Waals surface area contributed by atoms with Crippen LogP contribution in [0.2, 0.25) is 0 Å². The van der Waals surface area contributed by atoms with Crippen LogP contribution in [-0.2, 0) is 0 Å². The summed E-state index contributed by atoms with van der Waals surface area (Å²) in [4.78, 5) is 3.38. The van der Waals surface area contributed by atoms with Crippen LogP contribution in [-0.4, -0.2) is 29.5 Å². The van der Waals surface area contributed by atoms with Gasteiger partial charge in [-0.25, -0.2) is 4.85 Å². The van der Waals surface area contributed by atoms with E-state index < -0.39 is 12.2 Å². The molecule has 0 amide bonds. The van der Waals surface area contributed by atoms with Gasteiger partial charge in [-0.15, -0.1) is 24.7 Å². The monoisotopic (exact) mass is 541 g/mol. The third kappa shape index (κ3) is 8.60. The number of hydrogen-bond acceptors (Lipinski definition) is 3. The zero-order valence-corrected chi connectivity index (χ0v) is 23.4. The summed E-state index contributed by atoms with van der Waals surface area (Å²) in [6, 6.07) is 33.0. The minimum Gasteiger partial charge on any atom is -0.497 e. The minimum absolute atomic E-state index is 0.132. The first-order valence-corrected chi connectivity index (χ1v) is 13.4. The van der Waals surface area contributed by atoms with E-state index in [2.05, 4.69) is 28.8 Å². The van der Waals surface area contributed by atoms with Crippen molar-refractivity contribution in [3.63, 3.8) is 0 Å². The summed E-state index contributed by atoms with van der Waals surface area (Å²) in [7, 11) is 1.64. The van der Waals surface area contributed by atoms with Crippen LogP contribution >= 0.6 is 0 Å². The lowest BCUT2D eigenvalue weighted by atomic mass is 9.85. The molecule has 4 unspecified atom stereocenters. The number of aliphatic hydroxyl groups excluding tert-OH is 2. The molecule has 0 aliphatic carbocycles. The van der Waals surface area contributed by atoms with E-state index in [0.717, 1.165) is 28.0 Å². The molecule has 4 atom stereocenters. The molecule has 0 bridgehead atoms. The van der Waals surface area contributed by atoms with Crippen molar-refractivity contribution < 1.29 is 14.9 Å². The number of aliphatic hydroxyl groups is 2. The molecular weight excluding hydrogens is 506 g/mol. The highest BCUT2D eigenvalue weighted by Crippen LogP contribution is 2.32. The Bertz CT molecular complexity index is 1470. The van der Waals surface area contributed by atoms with E-state index in [1.54, 1.807) is 19.2 Å². The Balaban J connectivity index is 0.000000226. The van der Waals surface area contributed by atoms with E-state index in [1.807, 2.05) is 85.8 Å². The Morgan fingerprint density at radius 1 is 0.683 bits per heavy atom. The SMILES string of the molecule is C#CCC(O)C(c1ccc(C)cc1)c1ccc(OC)cc1.[C-]#[N+]c1ccc(C(c2ccccc2)C(O)CC#C)cc1. The molecule has 41 heavy (non-hydrogen) atoms. The Morgan fingerprint density at radius 2 is 1.10 bits per heavy atom. The van der Waals surface area contributed by atoms with E-state index in [1.165, 1.54) is 5.56 Å². The highest BCUT2D eigenvalue weighted by atomic mass is 16.5. The van der Waals surface area contributed by atoms with Crippen molar-refractivity contribution >= 4 is 5.69 Å². The normalized spacial score (nSPS) is 13.1. The molecule has 0 aromatic heterocycles. The van der Waals surface area contributed by atoms with Crippen molar-refractivity contribution in [2.75, 3.05) is 7.11 Å². The minimum atomic E-state index is -0.638. The van der Waals surface area contributed by atoms with Crippen molar-refractivity contribution in [3.8, 4) is 30.4 Å². The largest absolute Gasteiger partial charge is 0.497 e. The zero-order chi connectivity index (χ0) is 29.6. The Morgan fingerprint density at radius 3 is 1.51 bits per heavy atom. The first-order valence-electron chi connectivity index (χ1n) is 13.4. The number of hydrogen-bond donors (Lipinski definition) is 2.